The first-order chi connectivity index (χ1) is 15.4. The maximum absolute atomic E-state index is 12.8. The molecule has 1 saturated heterocycles. The summed E-state index contributed by atoms with van der Waals surface area (Å²) in [5.41, 5.74) is 2.49. The first kappa shape index (κ1) is 23.6. The largest absolute Gasteiger partial charge is 0.469 e. The van der Waals surface area contributed by atoms with E-state index >= 15 is 0 Å². The molecule has 1 aliphatic heterocycles. The van der Waals surface area contributed by atoms with Gasteiger partial charge >= 0.3 is 5.97 Å². The van der Waals surface area contributed by atoms with Crippen LogP contribution < -0.4 is 0 Å². The number of hydrogen-bond donors (Lipinski definition) is 0. The van der Waals surface area contributed by atoms with Gasteiger partial charge in [0, 0.05) is 0 Å². The highest BCUT2D eigenvalue weighted by Crippen LogP contribution is 2.62. The Bertz CT molecular complexity index is 805. The second kappa shape index (κ2) is 9.75. The average molecular weight is 442 g/mol. The second-order valence-electron chi connectivity index (χ2n) is 11.2. The molecule has 0 radical (unpaired) electrons. The topological polar surface area (TPSA) is 42.7 Å². The summed E-state index contributed by atoms with van der Waals surface area (Å²) in [6, 6.07) is 2.18. The number of esters is 1. The third-order valence-electron chi connectivity index (χ3n) is 9.28. The van der Waals surface area contributed by atoms with Crippen molar-refractivity contribution >= 4 is 5.97 Å². The Morgan fingerprint density at radius 1 is 1.19 bits per heavy atom. The molecule has 4 atom stereocenters. The van der Waals surface area contributed by atoms with E-state index in [1.165, 1.54) is 56.3 Å². The van der Waals surface area contributed by atoms with Gasteiger partial charge in [0.15, 0.2) is 0 Å². The number of furan rings is 1. The molecule has 2 saturated carbocycles. The fourth-order valence-electron chi connectivity index (χ4n) is 7.49. The molecule has 0 unspecified atom stereocenters. The van der Waals surface area contributed by atoms with Crippen LogP contribution in [0, 0.1) is 22.7 Å². The van der Waals surface area contributed by atoms with Gasteiger partial charge in [0.1, 0.15) is 5.76 Å². The Morgan fingerprint density at radius 2 is 1.94 bits per heavy atom. The molecule has 32 heavy (non-hydrogen) atoms. The normalized spacial score (nSPS) is 34.0. The summed E-state index contributed by atoms with van der Waals surface area (Å²) in [5, 5.41) is 0. The van der Waals surface area contributed by atoms with Gasteiger partial charge in [-0.3, -0.25) is 9.69 Å². The molecule has 0 spiro atoms. The number of likely N-dealkylation sites (tertiary alicyclic amines) is 1. The lowest BCUT2D eigenvalue weighted by Gasteiger charge is -2.57. The fraction of sp³-hybridized carbons (Fsp3) is 0.750. The van der Waals surface area contributed by atoms with Crippen LogP contribution in [0.5, 0.6) is 0 Å². The standard InChI is InChI=1S/C28H43NO3/c1-21-10-13-25-27(2,15-9-16-28(25,3)26(30)31-4)23(21)12-11-22-14-19-32-24(22)20-29-17-7-5-6-8-18-29/h14,19,23,25H,1,5-13,15-18,20H2,2-4H3/t23-,25+,27-,28-/m0/s1. The van der Waals surface area contributed by atoms with E-state index in [9.17, 15) is 4.79 Å². The lowest BCUT2D eigenvalue weighted by atomic mass is 9.46. The number of allylic oxidation sites excluding steroid dienone is 1. The monoisotopic (exact) mass is 441 g/mol. The van der Waals surface area contributed by atoms with Crippen molar-refractivity contribution in [3.63, 3.8) is 0 Å². The molecule has 4 nitrogen and oxygen atoms in total. The second-order valence-corrected chi connectivity index (χ2v) is 11.2. The van der Waals surface area contributed by atoms with E-state index in [0.717, 1.165) is 50.8 Å². The Balaban J connectivity index is 1.48. The van der Waals surface area contributed by atoms with Crippen molar-refractivity contribution in [2.75, 3.05) is 20.2 Å². The van der Waals surface area contributed by atoms with Gasteiger partial charge in [0.05, 0.1) is 25.3 Å². The first-order valence-corrected chi connectivity index (χ1v) is 12.9. The average Bonchev–Trinajstić information content (AvgIpc) is 3.04. The highest BCUT2D eigenvalue weighted by Gasteiger charge is 2.57. The quantitative estimate of drug-likeness (QED) is 0.371. The third-order valence-corrected chi connectivity index (χ3v) is 9.28. The van der Waals surface area contributed by atoms with Gasteiger partial charge in [-0.05, 0) is 100 Å². The highest BCUT2D eigenvalue weighted by atomic mass is 16.5. The highest BCUT2D eigenvalue weighted by molar-refractivity contribution is 5.77. The number of nitrogens with zero attached hydrogens (tertiary/aromatic N) is 1. The molecule has 4 rings (SSSR count). The summed E-state index contributed by atoms with van der Waals surface area (Å²) in [6.07, 6.45) is 14.6. The summed E-state index contributed by atoms with van der Waals surface area (Å²) in [6.45, 7) is 12.4. The number of carbonyl (C=O) groups is 1. The lowest BCUT2D eigenvalue weighted by molar-refractivity contribution is -0.168. The van der Waals surface area contributed by atoms with Crippen molar-refractivity contribution in [2.24, 2.45) is 22.7 Å². The van der Waals surface area contributed by atoms with Gasteiger partial charge in [0.25, 0.3) is 0 Å². The molecule has 0 bridgehead atoms. The van der Waals surface area contributed by atoms with E-state index in [-0.39, 0.29) is 16.8 Å². The Morgan fingerprint density at radius 3 is 2.66 bits per heavy atom. The van der Waals surface area contributed by atoms with E-state index in [4.69, 9.17) is 9.15 Å². The summed E-state index contributed by atoms with van der Waals surface area (Å²) < 4.78 is 11.2. The number of rotatable bonds is 6. The van der Waals surface area contributed by atoms with E-state index in [0.29, 0.717) is 11.8 Å². The fourth-order valence-corrected chi connectivity index (χ4v) is 7.49. The molecule has 178 valence electrons. The molecular weight excluding hydrogens is 398 g/mol. The smallest absolute Gasteiger partial charge is 0.311 e. The van der Waals surface area contributed by atoms with Gasteiger partial charge in [0.2, 0.25) is 0 Å². The molecule has 3 aliphatic rings. The summed E-state index contributed by atoms with van der Waals surface area (Å²) >= 11 is 0. The van der Waals surface area contributed by atoms with Crippen LogP contribution in [0.2, 0.25) is 0 Å². The molecular formula is C28H43NO3. The number of hydrogen-bond acceptors (Lipinski definition) is 4. The van der Waals surface area contributed by atoms with Crippen LogP contribution in [0.1, 0.15) is 89.4 Å². The van der Waals surface area contributed by atoms with Crippen molar-refractivity contribution in [3.8, 4) is 0 Å². The zero-order valence-corrected chi connectivity index (χ0v) is 20.6. The zero-order valence-electron chi connectivity index (χ0n) is 20.6. The Labute approximate surface area is 194 Å². The molecule has 1 aromatic heterocycles. The molecule has 3 fully saturated rings. The minimum Gasteiger partial charge on any atom is -0.469 e. The first-order valence-electron chi connectivity index (χ1n) is 12.9. The van der Waals surface area contributed by atoms with Gasteiger partial charge in [-0.2, -0.15) is 0 Å². The maximum atomic E-state index is 12.8. The Hall–Kier alpha value is -1.55. The minimum absolute atomic E-state index is 0.0192. The molecule has 1 aromatic rings. The molecule has 0 amide bonds. The van der Waals surface area contributed by atoms with Crippen LogP contribution in [0.3, 0.4) is 0 Å². The van der Waals surface area contributed by atoms with Crippen LogP contribution >= 0.6 is 0 Å². The number of methoxy groups -OCH3 is 1. The van der Waals surface area contributed by atoms with E-state index in [1.54, 1.807) is 7.11 Å². The van der Waals surface area contributed by atoms with Crippen LogP contribution in [0.25, 0.3) is 0 Å². The summed E-state index contributed by atoms with van der Waals surface area (Å²) in [7, 11) is 1.55. The van der Waals surface area contributed by atoms with Crippen LogP contribution in [0.15, 0.2) is 28.9 Å². The van der Waals surface area contributed by atoms with Gasteiger partial charge in [-0.25, -0.2) is 0 Å². The Kier molecular flexibility index (Phi) is 7.19. The predicted molar refractivity (Wildman–Crippen MR) is 128 cm³/mol. The summed E-state index contributed by atoms with van der Waals surface area (Å²) in [4.78, 5) is 15.4. The van der Waals surface area contributed by atoms with Crippen molar-refractivity contribution in [1.29, 1.82) is 0 Å². The van der Waals surface area contributed by atoms with E-state index < -0.39 is 0 Å². The van der Waals surface area contributed by atoms with Gasteiger partial charge < -0.3 is 9.15 Å². The SMILES string of the molecule is C=C1CC[C@@H]2[C@@](C)(CCC[C@]2(C)C(=O)OC)[C@H]1CCc1ccoc1CN1CCCCCC1. The van der Waals surface area contributed by atoms with Crippen LogP contribution in [-0.4, -0.2) is 31.1 Å². The molecule has 0 aromatic carbocycles. The van der Waals surface area contributed by atoms with E-state index in [1.807, 2.05) is 6.26 Å². The van der Waals surface area contributed by atoms with Crippen molar-refractivity contribution < 1.29 is 13.9 Å². The van der Waals surface area contributed by atoms with Crippen molar-refractivity contribution in [2.45, 2.75) is 91.0 Å². The predicted octanol–water partition coefficient (Wildman–Crippen LogP) is 6.54. The lowest BCUT2D eigenvalue weighted by Crippen LogP contribution is -2.53. The van der Waals surface area contributed by atoms with E-state index in [2.05, 4.69) is 31.4 Å². The third kappa shape index (κ3) is 4.44. The molecule has 2 heterocycles. The summed E-state index contributed by atoms with van der Waals surface area (Å²) in [5.74, 6) is 1.95. The van der Waals surface area contributed by atoms with Crippen LogP contribution in [-0.2, 0) is 22.5 Å². The number of carbonyl (C=O) groups excluding carboxylic acids is 1. The van der Waals surface area contributed by atoms with Crippen molar-refractivity contribution in [1.82, 2.24) is 4.90 Å². The number of fused-ring (bicyclic) bond motifs is 1. The van der Waals surface area contributed by atoms with Crippen LogP contribution in [0.4, 0.5) is 0 Å². The van der Waals surface area contributed by atoms with Gasteiger partial charge in [-0.1, -0.05) is 38.3 Å². The number of ether oxygens (including phenoxy) is 1. The zero-order chi connectivity index (χ0) is 22.8. The molecule has 0 N–H and O–H groups in total. The number of aryl methyl sites for hydroxylation is 1. The van der Waals surface area contributed by atoms with Gasteiger partial charge in [-0.15, -0.1) is 0 Å². The molecule has 2 aliphatic carbocycles. The minimum atomic E-state index is -0.367. The van der Waals surface area contributed by atoms with Crippen molar-refractivity contribution in [3.05, 3.63) is 35.8 Å². The maximum Gasteiger partial charge on any atom is 0.311 e. The molecule has 4 heteroatoms.